The molecule has 0 heterocycles. The molecule has 0 amide bonds. The Morgan fingerprint density at radius 3 is 2.36 bits per heavy atom. The highest BCUT2D eigenvalue weighted by Crippen LogP contribution is 2.41. The Bertz CT molecular complexity index is 873. The van der Waals surface area contributed by atoms with Crippen LogP contribution in [0.1, 0.15) is 31.9 Å². The molecule has 0 radical (unpaired) electrons. The van der Waals surface area contributed by atoms with Gasteiger partial charge in [-0.3, -0.25) is 4.79 Å². The van der Waals surface area contributed by atoms with Crippen molar-refractivity contribution in [1.82, 2.24) is 0 Å². The zero-order chi connectivity index (χ0) is 20.9. The summed E-state index contributed by atoms with van der Waals surface area (Å²) in [6.45, 7) is 11.8. The Hall–Kier alpha value is -1.04. The molecule has 0 saturated carbocycles. The summed E-state index contributed by atoms with van der Waals surface area (Å²) in [5.41, 5.74) is 1.85. The van der Waals surface area contributed by atoms with Gasteiger partial charge in [-0.1, -0.05) is 86.1 Å². The van der Waals surface area contributed by atoms with Gasteiger partial charge in [-0.25, -0.2) is 0 Å². The third-order valence-electron chi connectivity index (χ3n) is 5.02. The molecule has 0 spiro atoms. The van der Waals surface area contributed by atoms with Crippen molar-refractivity contribution >= 4 is 55.6 Å². The topological polar surface area (TPSA) is 26.3 Å². The van der Waals surface area contributed by atoms with E-state index < -0.39 is 8.32 Å². The quantitative estimate of drug-likeness (QED) is 0.242. The maximum atomic E-state index is 10.5. The lowest BCUT2D eigenvalue weighted by Gasteiger charge is -2.36. The Labute approximate surface area is 183 Å². The van der Waals surface area contributed by atoms with E-state index in [1.54, 1.807) is 17.8 Å². The van der Waals surface area contributed by atoms with Crippen LogP contribution in [0.25, 0.3) is 6.08 Å². The smallest absolute Gasteiger partial charge is 0.192 e. The summed E-state index contributed by atoms with van der Waals surface area (Å²) in [5, 5.41) is 1.09. The highest BCUT2D eigenvalue weighted by atomic mass is 35.5. The van der Waals surface area contributed by atoms with E-state index >= 15 is 0 Å². The number of allylic oxidation sites excluding steroid dienone is 1. The summed E-state index contributed by atoms with van der Waals surface area (Å²) >= 11 is 14.4. The lowest BCUT2D eigenvalue weighted by Crippen LogP contribution is -2.40. The molecule has 0 N–H and O–H groups in total. The van der Waals surface area contributed by atoms with Crippen molar-refractivity contribution in [2.24, 2.45) is 0 Å². The van der Waals surface area contributed by atoms with Gasteiger partial charge in [0.15, 0.2) is 8.32 Å². The summed E-state index contributed by atoms with van der Waals surface area (Å²) in [5.74, 6) is 0. The molecule has 0 aliphatic carbocycles. The van der Waals surface area contributed by atoms with Gasteiger partial charge in [0.1, 0.15) is 6.29 Å². The van der Waals surface area contributed by atoms with E-state index in [-0.39, 0.29) is 5.04 Å². The molecule has 6 heteroatoms. The lowest BCUT2D eigenvalue weighted by atomic mass is 10.2. The summed E-state index contributed by atoms with van der Waals surface area (Å²) in [6, 6.07) is 12.0. The van der Waals surface area contributed by atoms with Crippen LogP contribution in [0.15, 0.2) is 52.3 Å². The van der Waals surface area contributed by atoms with Crippen LogP contribution in [0.2, 0.25) is 28.2 Å². The van der Waals surface area contributed by atoms with Crippen LogP contribution in [0.4, 0.5) is 0 Å². The standard InChI is InChI=1S/C22H26Cl2O2SSi/c1-22(2,3)28(4,5)26-15-17-9-6-7-11-18(17)27-19-13-12-16(10-8-14-25)20(23)21(19)24/h6-14H,15H2,1-5H3/b10-8+. The molecule has 0 fully saturated rings. The highest BCUT2D eigenvalue weighted by Gasteiger charge is 2.37. The van der Waals surface area contributed by atoms with Crippen molar-refractivity contribution in [2.75, 3.05) is 0 Å². The summed E-state index contributed by atoms with van der Waals surface area (Å²) in [4.78, 5) is 12.5. The summed E-state index contributed by atoms with van der Waals surface area (Å²) in [6.07, 6.45) is 3.76. The first-order chi connectivity index (χ1) is 13.1. The molecule has 2 rings (SSSR count). The lowest BCUT2D eigenvalue weighted by molar-refractivity contribution is -0.104. The maximum absolute atomic E-state index is 10.5. The van der Waals surface area contributed by atoms with E-state index in [1.807, 2.05) is 24.3 Å². The first kappa shape index (κ1) is 23.2. The van der Waals surface area contributed by atoms with Crippen molar-refractivity contribution in [3.8, 4) is 0 Å². The third-order valence-corrected chi connectivity index (χ3v) is 11.7. The van der Waals surface area contributed by atoms with Crippen molar-refractivity contribution in [1.29, 1.82) is 0 Å². The number of rotatable bonds is 7. The predicted octanol–water partition coefficient (Wildman–Crippen LogP) is 7.88. The van der Waals surface area contributed by atoms with Gasteiger partial charge in [0.05, 0.1) is 16.7 Å². The second kappa shape index (κ2) is 9.64. The molecule has 0 aliphatic rings. The zero-order valence-corrected chi connectivity index (χ0v) is 20.2. The third kappa shape index (κ3) is 5.74. The number of benzene rings is 2. The minimum atomic E-state index is -1.84. The van der Waals surface area contributed by atoms with Crippen LogP contribution in [0.5, 0.6) is 0 Å². The zero-order valence-electron chi connectivity index (χ0n) is 16.9. The molecule has 0 bridgehead atoms. The van der Waals surface area contributed by atoms with Gasteiger partial charge in [0, 0.05) is 9.79 Å². The van der Waals surface area contributed by atoms with Gasteiger partial charge in [-0.2, -0.15) is 0 Å². The first-order valence-corrected chi connectivity index (χ1v) is 13.5. The number of hydrogen-bond donors (Lipinski definition) is 0. The van der Waals surface area contributed by atoms with E-state index in [4.69, 9.17) is 27.6 Å². The number of carbonyl (C=O) groups excluding carboxylic acids is 1. The molecule has 0 unspecified atom stereocenters. The summed E-state index contributed by atoms with van der Waals surface area (Å²) in [7, 11) is -1.84. The van der Waals surface area contributed by atoms with Crippen LogP contribution in [0, 0.1) is 0 Å². The minimum absolute atomic E-state index is 0.163. The minimum Gasteiger partial charge on any atom is -0.413 e. The van der Waals surface area contributed by atoms with Crippen LogP contribution in [-0.2, 0) is 15.8 Å². The predicted molar refractivity (Wildman–Crippen MR) is 124 cm³/mol. The van der Waals surface area contributed by atoms with Gasteiger partial charge in [0.25, 0.3) is 0 Å². The molecule has 2 aromatic carbocycles. The van der Waals surface area contributed by atoms with Gasteiger partial charge in [-0.05, 0) is 47.5 Å². The van der Waals surface area contributed by atoms with Crippen molar-refractivity contribution in [3.63, 3.8) is 0 Å². The SMILES string of the molecule is CC(C)(C)[Si](C)(C)OCc1ccccc1Sc1ccc(/C=C/C=O)c(Cl)c1Cl. The molecule has 0 atom stereocenters. The Morgan fingerprint density at radius 1 is 1.04 bits per heavy atom. The number of aldehydes is 1. The Balaban J connectivity index is 2.25. The second-order valence-electron chi connectivity index (χ2n) is 8.03. The maximum Gasteiger partial charge on any atom is 0.192 e. The van der Waals surface area contributed by atoms with Gasteiger partial charge in [-0.15, -0.1) is 0 Å². The molecular weight excluding hydrogens is 427 g/mol. The van der Waals surface area contributed by atoms with Gasteiger partial charge in [0.2, 0.25) is 0 Å². The molecule has 2 aromatic rings. The van der Waals surface area contributed by atoms with Crippen LogP contribution < -0.4 is 0 Å². The number of hydrogen-bond acceptors (Lipinski definition) is 3. The summed E-state index contributed by atoms with van der Waals surface area (Å²) < 4.78 is 6.40. The molecule has 0 aliphatic heterocycles. The normalized spacial score (nSPS) is 12.5. The Morgan fingerprint density at radius 2 is 1.71 bits per heavy atom. The van der Waals surface area contributed by atoms with Crippen LogP contribution in [-0.4, -0.2) is 14.6 Å². The van der Waals surface area contributed by atoms with E-state index in [1.165, 1.54) is 6.08 Å². The van der Waals surface area contributed by atoms with Crippen molar-refractivity contribution in [2.45, 2.75) is 55.3 Å². The second-order valence-corrected chi connectivity index (χ2v) is 14.7. The van der Waals surface area contributed by atoms with E-state index in [9.17, 15) is 4.79 Å². The average molecular weight is 454 g/mol. The van der Waals surface area contributed by atoms with Gasteiger partial charge < -0.3 is 4.43 Å². The fourth-order valence-corrected chi connectivity index (χ4v) is 4.70. The molecule has 28 heavy (non-hydrogen) atoms. The fraction of sp³-hybridized carbons (Fsp3) is 0.318. The largest absolute Gasteiger partial charge is 0.413 e. The monoisotopic (exact) mass is 452 g/mol. The van der Waals surface area contributed by atoms with E-state index in [2.05, 4.69) is 46.0 Å². The van der Waals surface area contributed by atoms with Crippen LogP contribution in [0.3, 0.4) is 0 Å². The highest BCUT2D eigenvalue weighted by molar-refractivity contribution is 7.99. The van der Waals surface area contributed by atoms with Crippen LogP contribution >= 0.6 is 35.0 Å². The average Bonchev–Trinajstić information content (AvgIpc) is 2.63. The number of halogens is 2. The molecule has 150 valence electrons. The van der Waals surface area contributed by atoms with E-state index in [0.29, 0.717) is 22.9 Å². The molecule has 0 saturated heterocycles. The number of carbonyl (C=O) groups is 1. The molecule has 0 aromatic heterocycles. The van der Waals surface area contributed by atoms with E-state index in [0.717, 1.165) is 20.9 Å². The first-order valence-electron chi connectivity index (χ1n) is 9.06. The van der Waals surface area contributed by atoms with Gasteiger partial charge >= 0.3 is 0 Å². The fourth-order valence-electron chi connectivity index (χ4n) is 2.21. The van der Waals surface area contributed by atoms with Crippen molar-refractivity contribution in [3.05, 3.63) is 63.6 Å². The van der Waals surface area contributed by atoms with Crippen molar-refractivity contribution < 1.29 is 9.22 Å². The molecule has 2 nitrogen and oxygen atoms in total. The Kier molecular flexibility index (Phi) is 8.00. The molecular formula is C22H26Cl2O2SSi.